The monoisotopic (exact) mass is 313 g/mol. The van der Waals surface area contributed by atoms with Crippen LogP contribution < -0.4 is 5.63 Å². The summed E-state index contributed by atoms with van der Waals surface area (Å²) in [5.74, 6) is 0.0633. The molecule has 1 aromatic carbocycles. The summed E-state index contributed by atoms with van der Waals surface area (Å²) >= 11 is 0. The highest BCUT2D eigenvalue weighted by atomic mass is 16.5. The molecule has 0 bridgehead atoms. The number of ether oxygens (including phenoxy) is 1. The number of aromatic nitrogens is 1. The first kappa shape index (κ1) is 15.5. The van der Waals surface area contributed by atoms with Crippen LogP contribution >= 0.6 is 0 Å². The second kappa shape index (κ2) is 6.36. The van der Waals surface area contributed by atoms with E-state index in [2.05, 4.69) is 4.98 Å². The van der Waals surface area contributed by atoms with Gasteiger partial charge in [-0.15, -0.1) is 0 Å². The molecule has 1 heterocycles. The molecule has 0 spiro atoms. The summed E-state index contributed by atoms with van der Waals surface area (Å²) in [6.07, 6.45) is 3.28. The first-order chi connectivity index (χ1) is 11.1. The standard InChI is InChI=1S/C18H19NO4/c1-3-22-17(20)13-9-8-12(10-11(13)2)16-19-15-7-5-4-6-14(15)18(21)23-16/h4-7,10-11,13H,3,8-9H2,1-2H3. The average molecular weight is 313 g/mol. The Labute approximate surface area is 134 Å². The molecule has 0 fully saturated rings. The summed E-state index contributed by atoms with van der Waals surface area (Å²) in [6.45, 7) is 4.17. The van der Waals surface area contributed by atoms with Crippen LogP contribution in [0.15, 0.2) is 39.6 Å². The van der Waals surface area contributed by atoms with E-state index in [1.807, 2.05) is 19.1 Å². The summed E-state index contributed by atoms with van der Waals surface area (Å²) in [4.78, 5) is 28.5. The van der Waals surface area contributed by atoms with Crippen molar-refractivity contribution in [2.75, 3.05) is 6.61 Å². The lowest BCUT2D eigenvalue weighted by molar-refractivity contribution is -0.149. The molecule has 23 heavy (non-hydrogen) atoms. The van der Waals surface area contributed by atoms with Gasteiger partial charge < -0.3 is 9.15 Å². The lowest BCUT2D eigenvalue weighted by atomic mass is 9.81. The first-order valence-electron chi connectivity index (χ1n) is 7.87. The zero-order chi connectivity index (χ0) is 16.4. The fourth-order valence-corrected chi connectivity index (χ4v) is 3.01. The predicted molar refractivity (Wildman–Crippen MR) is 86.8 cm³/mol. The van der Waals surface area contributed by atoms with Crippen LogP contribution in [0, 0.1) is 11.8 Å². The third-order valence-corrected chi connectivity index (χ3v) is 4.22. The maximum Gasteiger partial charge on any atom is 0.347 e. The number of esters is 1. The fourth-order valence-electron chi connectivity index (χ4n) is 3.01. The van der Waals surface area contributed by atoms with Gasteiger partial charge in [0.05, 0.1) is 23.4 Å². The van der Waals surface area contributed by atoms with Crippen molar-refractivity contribution in [1.82, 2.24) is 4.98 Å². The zero-order valence-corrected chi connectivity index (χ0v) is 13.2. The van der Waals surface area contributed by atoms with Gasteiger partial charge in [-0.2, -0.15) is 0 Å². The van der Waals surface area contributed by atoms with E-state index in [9.17, 15) is 9.59 Å². The van der Waals surface area contributed by atoms with Gasteiger partial charge in [0.25, 0.3) is 0 Å². The number of hydrogen-bond acceptors (Lipinski definition) is 5. The highest BCUT2D eigenvalue weighted by Crippen LogP contribution is 2.33. The zero-order valence-electron chi connectivity index (χ0n) is 13.2. The van der Waals surface area contributed by atoms with E-state index in [0.717, 1.165) is 5.57 Å². The van der Waals surface area contributed by atoms with Crippen molar-refractivity contribution in [1.29, 1.82) is 0 Å². The highest BCUT2D eigenvalue weighted by molar-refractivity contribution is 5.79. The van der Waals surface area contributed by atoms with Gasteiger partial charge in [0, 0.05) is 5.57 Å². The summed E-state index contributed by atoms with van der Waals surface area (Å²) in [6, 6.07) is 7.12. The summed E-state index contributed by atoms with van der Waals surface area (Å²) < 4.78 is 10.5. The number of carbonyl (C=O) groups is 1. The number of fused-ring (bicyclic) bond motifs is 1. The van der Waals surface area contributed by atoms with Crippen LogP contribution in [0.3, 0.4) is 0 Å². The Morgan fingerprint density at radius 3 is 2.91 bits per heavy atom. The van der Waals surface area contributed by atoms with Crippen LogP contribution in [0.1, 0.15) is 32.6 Å². The summed E-state index contributed by atoms with van der Waals surface area (Å²) in [7, 11) is 0. The number of rotatable bonds is 3. The van der Waals surface area contributed by atoms with Gasteiger partial charge in [0.1, 0.15) is 0 Å². The molecule has 2 atom stereocenters. The maximum absolute atomic E-state index is 12.1. The van der Waals surface area contributed by atoms with Gasteiger partial charge in [0.2, 0.25) is 5.89 Å². The minimum Gasteiger partial charge on any atom is -0.466 e. The van der Waals surface area contributed by atoms with E-state index < -0.39 is 0 Å². The minimum atomic E-state index is -0.383. The summed E-state index contributed by atoms with van der Waals surface area (Å²) in [5.41, 5.74) is 1.12. The SMILES string of the molecule is CCOC(=O)C1CCC(c2nc3ccccc3c(=O)o2)=CC1C. The van der Waals surface area contributed by atoms with E-state index in [1.165, 1.54) is 0 Å². The Kier molecular flexibility index (Phi) is 4.28. The molecule has 0 radical (unpaired) electrons. The Morgan fingerprint density at radius 1 is 1.39 bits per heavy atom. The third kappa shape index (κ3) is 3.04. The van der Waals surface area contributed by atoms with E-state index >= 15 is 0 Å². The van der Waals surface area contributed by atoms with Gasteiger partial charge in [-0.1, -0.05) is 25.1 Å². The fraction of sp³-hybridized carbons (Fsp3) is 0.389. The topological polar surface area (TPSA) is 69.4 Å². The average Bonchev–Trinajstić information content (AvgIpc) is 2.55. The van der Waals surface area contributed by atoms with Crippen molar-refractivity contribution < 1.29 is 13.9 Å². The van der Waals surface area contributed by atoms with Gasteiger partial charge >= 0.3 is 11.6 Å². The lowest BCUT2D eigenvalue weighted by Crippen LogP contribution is -2.26. The van der Waals surface area contributed by atoms with Gasteiger partial charge in [-0.3, -0.25) is 4.79 Å². The van der Waals surface area contributed by atoms with Crippen molar-refractivity contribution in [3.63, 3.8) is 0 Å². The molecule has 0 saturated heterocycles. The molecule has 120 valence electrons. The summed E-state index contributed by atoms with van der Waals surface area (Å²) in [5, 5.41) is 0.477. The highest BCUT2D eigenvalue weighted by Gasteiger charge is 2.30. The number of allylic oxidation sites excluding steroid dienone is 2. The largest absolute Gasteiger partial charge is 0.466 e. The van der Waals surface area contributed by atoms with Crippen LogP contribution in [-0.4, -0.2) is 17.6 Å². The number of carbonyl (C=O) groups excluding carboxylic acids is 1. The second-order valence-corrected chi connectivity index (χ2v) is 5.77. The van der Waals surface area contributed by atoms with Crippen molar-refractivity contribution in [3.05, 3.63) is 46.7 Å². The van der Waals surface area contributed by atoms with Crippen molar-refractivity contribution in [2.24, 2.45) is 11.8 Å². The smallest absolute Gasteiger partial charge is 0.347 e. The van der Waals surface area contributed by atoms with Crippen molar-refractivity contribution >= 4 is 22.4 Å². The molecule has 0 N–H and O–H groups in total. The minimum absolute atomic E-state index is 0.0244. The Bertz CT molecular complexity index is 821. The molecular formula is C18H19NO4. The van der Waals surface area contributed by atoms with Gasteiger partial charge in [0.15, 0.2) is 0 Å². The van der Waals surface area contributed by atoms with Crippen LogP contribution in [0.4, 0.5) is 0 Å². The number of hydrogen-bond donors (Lipinski definition) is 0. The number of benzene rings is 1. The van der Waals surface area contributed by atoms with Gasteiger partial charge in [-0.25, -0.2) is 9.78 Å². The number of nitrogens with zero attached hydrogens (tertiary/aromatic N) is 1. The molecule has 0 saturated carbocycles. The van der Waals surface area contributed by atoms with Crippen LogP contribution in [0.5, 0.6) is 0 Å². The van der Waals surface area contributed by atoms with E-state index in [1.54, 1.807) is 25.1 Å². The van der Waals surface area contributed by atoms with Crippen LogP contribution in [0.2, 0.25) is 0 Å². The molecule has 5 heteroatoms. The van der Waals surface area contributed by atoms with Gasteiger partial charge in [-0.05, 0) is 37.8 Å². The normalized spacial score (nSPS) is 21.0. The Hall–Kier alpha value is -2.43. The molecule has 3 rings (SSSR count). The maximum atomic E-state index is 12.1. The third-order valence-electron chi connectivity index (χ3n) is 4.22. The van der Waals surface area contributed by atoms with Crippen LogP contribution in [-0.2, 0) is 9.53 Å². The molecular weight excluding hydrogens is 294 g/mol. The van der Waals surface area contributed by atoms with Crippen LogP contribution in [0.25, 0.3) is 16.5 Å². The molecule has 0 amide bonds. The van der Waals surface area contributed by atoms with E-state index in [4.69, 9.17) is 9.15 Å². The molecule has 2 aromatic rings. The molecule has 2 unspecified atom stereocenters. The van der Waals surface area contributed by atoms with Crippen molar-refractivity contribution in [3.8, 4) is 0 Å². The molecule has 1 aliphatic carbocycles. The Morgan fingerprint density at radius 2 is 2.17 bits per heavy atom. The van der Waals surface area contributed by atoms with Crippen molar-refractivity contribution in [2.45, 2.75) is 26.7 Å². The molecule has 1 aliphatic rings. The molecule has 0 aliphatic heterocycles. The number of para-hydroxylation sites is 1. The van der Waals surface area contributed by atoms with E-state index in [0.29, 0.717) is 36.2 Å². The predicted octanol–water partition coefficient (Wildman–Crippen LogP) is 3.18. The quantitative estimate of drug-likeness (QED) is 0.814. The Balaban J connectivity index is 1.93. The first-order valence-corrected chi connectivity index (χ1v) is 7.87. The lowest BCUT2D eigenvalue weighted by Gasteiger charge is -2.25. The second-order valence-electron chi connectivity index (χ2n) is 5.77. The molecule has 5 nitrogen and oxygen atoms in total. The molecule has 1 aromatic heterocycles. The van der Waals surface area contributed by atoms with E-state index in [-0.39, 0.29) is 23.4 Å².